The van der Waals surface area contributed by atoms with Gasteiger partial charge in [-0.15, -0.1) is 0 Å². The van der Waals surface area contributed by atoms with Crippen LogP contribution in [0.15, 0.2) is 53.4 Å². The summed E-state index contributed by atoms with van der Waals surface area (Å²) in [5.74, 6) is 0. The van der Waals surface area contributed by atoms with Crippen LogP contribution in [-0.4, -0.2) is 51.7 Å². The number of methoxy groups -OCH3 is 1. The number of sulfonamides is 1. The zero-order valence-corrected chi connectivity index (χ0v) is 17.0. The van der Waals surface area contributed by atoms with E-state index >= 15 is 0 Å². The number of nitrogens with zero attached hydrogens (tertiary/aromatic N) is 1. The lowest BCUT2D eigenvalue weighted by atomic mass is 10.1. The molecule has 0 aromatic heterocycles. The van der Waals surface area contributed by atoms with Gasteiger partial charge in [0.25, 0.3) is 0 Å². The van der Waals surface area contributed by atoms with Crippen molar-refractivity contribution in [3.05, 3.63) is 64.7 Å². The molecule has 0 N–H and O–H groups in total. The molecule has 0 saturated carbocycles. The van der Waals surface area contributed by atoms with Gasteiger partial charge in [0.1, 0.15) is 0 Å². The largest absolute Gasteiger partial charge is 0.382 e. The molecule has 5 nitrogen and oxygen atoms in total. The Balaban J connectivity index is 1.88. The first-order valence-electron chi connectivity index (χ1n) is 8.83. The second kappa shape index (κ2) is 8.71. The Bertz CT molecular complexity index is 853. The molecule has 2 aromatic carbocycles. The number of ether oxygens (including phenoxy) is 2. The summed E-state index contributed by atoms with van der Waals surface area (Å²) < 4.78 is 39.2. The highest BCUT2D eigenvalue weighted by Crippen LogP contribution is 2.25. The highest BCUT2D eigenvalue weighted by atomic mass is 35.5. The lowest BCUT2D eigenvalue weighted by molar-refractivity contribution is -0.0633. The van der Waals surface area contributed by atoms with E-state index in [0.29, 0.717) is 29.6 Å². The predicted molar refractivity (Wildman–Crippen MR) is 106 cm³/mol. The summed E-state index contributed by atoms with van der Waals surface area (Å²) >= 11 is 5.96. The molecule has 0 aliphatic carbocycles. The second-order valence-electron chi connectivity index (χ2n) is 6.78. The quantitative estimate of drug-likeness (QED) is 0.734. The van der Waals surface area contributed by atoms with E-state index in [9.17, 15) is 8.42 Å². The molecule has 1 fully saturated rings. The average molecular weight is 410 g/mol. The first-order valence-corrected chi connectivity index (χ1v) is 10.7. The van der Waals surface area contributed by atoms with E-state index in [1.807, 2.05) is 43.3 Å². The van der Waals surface area contributed by atoms with Crippen molar-refractivity contribution in [2.45, 2.75) is 30.4 Å². The molecule has 1 heterocycles. The van der Waals surface area contributed by atoms with Crippen LogP contribution in [0.1, 0.15) is 11.1 Å². The normalized spacial score (nSPS) is 21.3. The third-order valence-electron chi connectivity index (χ3n) is 4.68. The number of halogens is 1. The van der Waals surface area contributed by atoms with Gasteiger partial charge in [0.15, 0.2) is 0 Å². The van der Waals surface area contributed by atoms with Gasteiger partial charge < -0.3 is 9.47 Å². The van der Waals surface area contributed by atoms with Crippen molar-refractivity contribution in [3.8, 4) is 0 Å². The molecule has 27 heavy (non-hydrogen) atoms. The van der Waals surface area contributed by atoms with Crippen molar-refractivity contribution in [2.24, 2.45) is 0 Å². The molecule has 0 bridgehead atoms. The zero-order valence-electron chi connectivity index (χ0n) is 15.5. The standard InChI is InChI=1S/C20H24ClNO4S/c1-15-3-9-20(10-4-15)27(23,24)22-12-19(14-25-2)26-13-18(22)11-16-5-7-17(21)8-6-16/h3-10,18-19H,11-14H2,1-2H3/t18?,19-/m1/s1. The van der Waals surface area contributed by atoms with Crippen LogP contribution < -0.4 is 0 Å². The highest BCUT2D eigenvalue weighted by molar-refractivity contribution is 7.89. The summed E-state index contributed by atoms with van der Waals surface area (Å²) in [7, 11) is -2.05. The molecule has 0 radical (unpaired) electrons. The third kappa shape index (κ3) is 4.89. The van der Waals surface area contributed by atoms with Crippen LogP contribution in [-0.2, 0) is 25.9 Å². The van der Waals surface area contributed by atoms with Gasteiger partial charge in [0, 0.05) is 18.7 Å². The molecule has 146 valence electrons. The van der Waals surface area contributed by atoms with Crippen LogP contribution >= 0.6 is 11.6 Å². The smallest absolute Gasteiger partial charge is 0.243 e. The number of aryl methyl sites for hydroxylation is 1. The summed E-state index contributed by atoms with van der Waals surface area (Å²) in [5.41, 5.74) is 2.04. The number of benzene rings is 2. The zero-order chi connectivity index (χ0) is 19.4. The second-order valence-corrected chi connectivity index (χ2v) is 9.11. The Hall–Kier alpha value is -1.44. The van der Waals surface area contributed by atoms with Crippen LogP contribution in [0, 0.1) is 6.92 Å². The van der Waals surface area contributed by atoms with Crippen molar-refractivity contribution in [1.82, 2.24) is 4.31 Å². The number of hydrogen-bond acceptors (Lipinski definition) is 4. The van der Waals surface area contributed by atoms with E-state index in [-0.39, 0.29) is 18.7 Å². The maximum atomic E-state index is 13.3. The Morgan fingerprint density at radius 1 is 1.15 bits per heavy atom. The fraction of sp³-hybridized carbons (Fsp3) is 0.400. The molecular weight excluding hydrogens is 386 g/mol. The van der Waals surface area contributed by atoms with Gasteiger partial charge in [0.2, 0.25) is 10.0 Å². The van der Waals surface area contributed by atoms with Crippen LogP contribution in [0.4, 0.5) is 0 Å². The molecule has 0 amide bonds. The first kappa shape index (κ1) is 20.3. The average Bonchev–Trinajstić information content (AvgIpc) is 2.65. The van der Waals surface area contributed by atoms with Crippen LogP contribution in [0.5, 0.6) is 0 Å². The Labute approximate surface area is 165 Å². The number of rotatable bonds is 6. The Kier molecular flexibility index (Phi) is 6.55. The van der Waals surface area contributed by atoms with E-state index in [1.54, 1.807) is 23.5 Å². The van der Waals surface area contributed by atoms with Crippen molar-refractivity contribution in [1.29, 1.82) is 0 Å². The summed E-state index contributed by atoms with van der Waals surface area (Å²) in [6, 6.07) is 14.1. The fourth-order valence-electron chi connectivity index (χ4n) is 3.21. The molecule has 1 aliphatic rings. The topological polar surface area (TPSA) is 55.8 Å². The predicted octanol–water partition coefficient (Wildman–Crippen LogP) is 3.30. The van der Waals surface area contributed by atoms with Crippen LogP contribution in [0.2, 0.25) is 5.02 Å². The van der Waals surface area contributed by atoms with E-state index in [4.69, 9.17) is 21.1 Å². The molecule has 3 rings (SSSR count). The summed E-state index contributed by atoms with van der Waals surface area (Å²) in [6.45, 7) is 2.88. The third-order valence-corrected chi connectivity index (χ3v) is 6.86. The minimum absolute atomic E-state index is 0.266. The van der Waals surface area contributed by atoms with Crippen LogP contribution in [0.3, 0.4) is 0 Å². The molecule has 2 atom stereocenters. The van der Waals surface area contributed by atoms with Gasteiger partial charge in [0.05, 0.1) is 30.3 Å². The molecule has 1 saturated heterocycles. The van der Waals surface area contributed by atoms with Crippen molar-refractivity contribution in [3.63, 3.8) is 0 Å². The minimum Gasteiger partial charge on any atom is -0.382 e. The molecule has 2 aromatic rings. The van der Waals surface area contributed by atoms with Gasteiger partial charge in [-0.05, 0) is 43.2 Å². The number of hydrogen-bond donors (Lipinski definition) is 0. The van der Waals surface area contributed by atoms with E-state index in [2.05, 4.69) is 0 Å². The summed E-state index contributed by atoms with van der Waals surface area (Å²) in [5, 5.41) is 0.655. The van der Waals surface area contributed by atoms with E-state index in [0.717, 1.165) is 11.1 Å². The lowest BCUT2D eigenvalue weighted by Crippen LogP contribution is -2.54. The van der Waals surface area contributed by atoms with E-state index < -0.39 is 10.0 Å². The van der Waals surface area contributed by atoms with E-state index in [1.165, 1.54) is 0 Å². The van der Waals surface area contributed by atoms with Gasteiger partial charge in [-0.25, -0.2) is 8.42 Å². The highest BCUT2D eigenvalue weighted by Gasteiger charge is 2.37. The maximum absolute atomic E-state index is 13.3. The molecular formula is C20H24ClNO4S. The van der Waals surface area contributed by atoms with Crippen molar-refractivity contribution >= 4 is 21.6 Å². The van der Waals surface area contributed by atoms with Crippen molar-refractivity contribution in [2.75, 3.05) is 26.9 Å². The monoisotopic (exact) mass is 409 g/mol. The van der Waals surface area contributed by atoms with Gasteiger partial charge in [-0.2, -0.15) is 4.31 Å². The Morgan fingerprint density at radius 2 is 1.81 bits per heavy atom. The molecule has 0 spiro atoms. The van der Waals surface area contributed by atoms with Gasteiger partial charge in [-0.1, -0.05) is 41.4 Å². The maximum Gasteiger partial charge on any atom is 0.243 e. The number of morpholine rings is 1. The molecule has 1 aliphatic heterocycles. The van der Waals surface area contributed by atoms with Gasteiger partial charge >= 0.3 is 0 Å². The Morgan fingerprint density at radius 3 is 2.44 bits per heavy atom. The van der Waals surface area contributed by atoms with Gasteiger partial charge in [-0.3, -0.25) is 0 Å². The SMILES string of the molecule is COC[C@H]1CN(S(=O)(=O)c2ccc(C)cc2)C(Cc2ccc(Cl)cc2)CO1. The van der Waals surface area contributed by atoms with Crippen LogP contribution in [0.25, 0.3) is 0 Å². The summed E-state index contributed by atoms with van der Waals surface area (Å²) in [4.78, 5) is 0.298. The molecule has 7 heteroatoms. The minimum atomic E-state index is -3.64. The molecule has 1 unspecified atom stereocenters. The van der Waals surface area contributed by atoms with Crippen molar-refractivity contribution < 1.29 is 17.9 Å². The summed E-state index contributed by atoms with van der Waals surface area (Å²) in [6.07, 6.45) is 0.277. The lowest BCUT2D eigenvalue weighted by Gasteiger charge is -2.38. The first-order chi connectivity index (χ1) is 12.9. The fourth-order valence-corrected chi connectivity index (χ4v) is 4.98.